The first-order valence-corrected chi connectivity index (χ1v) is 8.50. The maximum Gasteiger partial charge on any atom is 0.356 e. The number of hydrogen-bond donors (Lipinski definition) is 1. The fourth-order valence-electron chi connectivity index (χ4n) is 2.83. The van der Waals surface area contributed by atoms with Crippen LogP contribution in [-0.2, 0) is 6.54 Å². The summed E-state index contributed by atoms with van der Waals surface area (Å²) in [5.74, 6) is -0.350. The van der Waals surface area contributed by atoms with Gasteiger partial charge in [0.15, 0.2) is 5.69 Å². The number of benzene rings is 1. The zero-order valence-corrected chi connectivity index (χ0v) is 13.9. The van der Waals surface area contributed by atoms with Crippen LogP contribution in [0.1, 0.15) is 51.1 Å². The highest BCUT2D eigenvalue weighted by Crippen LogP contribution is 2.43. The average molecular weight is 327 g/mol. The standard InChI is InChI=1S/C17H17N3O2S/c1-9-5-12(8-20-10(2)7-13(19-20)17(21)22)15-14(6-9)23-16(18-15)11-3-4-11/h5-7,11H,3-4,8H2,1-2H3,(H,21,22). The zero-order valence-electron chi connectivity index (χ0n) is 13.0. The first-order valence-electron chi connectivity index (χ1n) is 7.69. The summed E-state index contributed by atoms with van der Waals surface area (Å²) in [5.41, 5.74) is 4.26. The van der Waals surface area contributed by atoms with Gasteiger partial charge in [0.2, 0.25) is 0 Å². The summed E-state index contributed by atoms with van der Waals surface area (Å²) in [7, 11) is 0. The number of carboxylic acid groups (broad SMARTS) is 1. The van der Waals surface area contributed by atoms with E-state index in [4.69, 9.17) is 10.1 Å². The van der Waals surface area contributed by atoms with Crippen molar-refractivity contribution < 1.29 is 9.90 Å². The van der Waals surface area contributed by atoms with Crippen molar-refractivity contribution in [2.24, 2.45) is 0 Å². The molecule has 2 aromatic heterocycles. The summed E-state index contributed by atoms with van der Waals surface area (Å²) in [4.78, 5) is 15.9. The van der Waals surface area contributed by atoms with E-state index in [1.165, 1.54) is 28.1 Å². The Balaban J connectivity index is 1.77. The quantitative estimate of drug-likeness (QED) is 0.793. The Morgan fingerprint density at radius 3 is 2.78 bits per heavy atom. The van der Waals surface area contributed by atoms with Gasteiger partial charge in [0, 0.05) is 17.2 Å². The van der Waals surface area contributed by atoms with E-state index in [-0.39, 0.29) is 5.69 Å². The summed E-state index contributed by atoms with van der Waals surface area (Å²) in [5, 5.41) is 14.5. The van der Waals surface area contributed by atoms with Crippen molar-refractivity contribution in [1.29, 1.82) is 0 Å². The van der Waals surface area contributed by atoms with E-state index in [1.54, 1.807) is 22.1 Å². The number of aromatic nitrogens is 3. The van der Waals surface area contributed by atoms with Crippen molar-refractivity contribution in [3.05, 3.63) is 45.7 Å². The van der Waals surface area contributed by atoms with Crippen LogP contribution in [0.2, 0.25) is 0 Å². The Hall–Kier alpha value is -2.21. The van der Waals surface area contributed by atoms with Gasteiger partial charge in [-0.15, -0.1) is 11.3 Å². The van der Waals surface area contributed by atoms with E-state index in [2.05, 4.69) is 24.2 Å². The van der Waals surface area contributed by atoms with Crippen LogP contribution in [0, 0.1) is 13.8 Å². The molecule has 1 aliphatic rings. The summed E-state index contributed by atoms with van der Waals surface area (Å²) >= 11 is 1.79. The lowest BCUT2D eigenvalue weighted by molar-refractivity contribution is 0.0689. The van der Waals surface area contributed by atoms with Crippen molar-refractivity contribution in [3.63, 3.8) is 0 Å². The van der Waals surface area contributed by atoms with Gasteiger partial charge in [0.05, 0.1) is 21.8 Å². The Morgan fingerprint density at radius 2 is 2.13 bits per heavy atom. The van der Waals surface area contributed by atoms with Gasteiger partial charge in [-0.05, 0) is 44.4 Å². The van der Waals surface area contributed by atoms with E-state index in [0.29, 0.717) is 12.5 Å². The molecule has 0 saturated heterocycles. The number of hydrogen-bond acceptors (Lipinski definition) is 4. The molecular formula is C17H17N3O2S. The Kier molecular flexibility index (Phi) is 3.23. The number of aryl methyl sites for hydroxylation is 2. The van der Waals surface area contributed by atoms with E-state index in [0.717, 1.165) is 16.8 Å². The molecule has 0 unspecified atom stereocenters. The lowest BCUT2D eigenvalue weighted by atomic mass is 10.1. The summed E-state index contributed by atoms with van der Waals surface area (Å²) in [6.45, 7) is 4.51. The minimum Gasteiger partial charge on any atom is -0.476 e. The molecule has 6 heteroatoms. The molecule has 0 amide bonds. The van der Waals surface area contributed by atoms with Crippen molar-refractivity contribution in [2.45, 2.75) is 39.2 Å². The molecule has 0 aliphatic heterocycles. The summed E-state index contributed by atoms with van der Waals surface area (Å²) in [6, 6.07) is 5.91. The maximum absolute atomic E-state index is 11.1. The molecule has 5 nitrogen and oxygen atoms in total. The lowest BCUT2D eigenvalue weighted by Crippen LogP contribution is -2.06. The zero-order chi connectivity index (χ0) is 16.1. The number of nitrogens with zero attached hydrogens (tertiary/aromatic N) is 3. The second-order valence-corrected chi connectivity index (χ2v) is 7.29. The predicted molar refractivity (Wildman–Crippen MR) is 89.4 cm³/mol. The normalized spacial score (nSPS) is 14.5. The molecule has 0 spiro atoms. The number of carbonyl (C=O) groups is 1. The molecule has 23 heavy (non-hydrogen) atoms. The van der Waals surface area contributed by atoms with Crippen LogP contribution in [0.15, 0.2) is 18.2 Å². The van der Waals surface area contributed by atoms with Gasteiger partial charge in [-0.1, -0.05) is 6.07 Å². The highest BCUT2D eigenvalue weighted by Gasteiger charge is 2.27. The minimum atomic E-state index is -0.995. The molecule has 118 valence electrons. The third-order valence-electron chi connectivity index (χ3n) is 4.18. The second kappa shape index (κ2) is 5.16. The molecule has 3 aromatic rings. The van der Waals surface area contributed by atoms with Gasteiger partial charge in [0.1, 0.15) is 0 Å². The molecule has 0 bridgehead atoms. The molecule has 4 rings (SSSR count). The van der Waals surface area contributed by atoms with Gasteiger partial charge in [-0.25, -0.2) is 9.78 Å². The van der Waals surface area contributed by atoms with Gasteiger partial charge in [-0.2, -0.15) is 5.10 Å². The van der Waals surface area contributed by atoms with E-state index in [9.17, 15) is 4.79 Å². The largest absolute Gasteiger partial charge is 0.476 e. The van der Waals surface area contributed by atoms with Crippen LogP contribution < -0.4 is 0 Å². The molecule has 1 fully saturated rings. The first kappa shape index (κ1) is 14.4. The fourth-order valence-corrected chi connectivity index (χ4v) is 4.11. The number of carboxylic acids is 1. The molecule has 1 N–H and O–H groups in total. The van der Waals surface area contributed by atoms with Crippen molar-refractivity contribution in [2.75, 3.05) is 0 Å². The second-order valence-electron chi connectivity index (χ2n) is 6.23. The van der Waals surface area contributed by atoms with Crippen LogP contribution in [-0.4, -0.2) is 25.8 Å². The monoisotopic (exact) mass is 327 g/mol. The van der Waals surface area contributed by atoms with Crippen LogP contribution >= 0.6 is 11.3 Å². The van der Waals surface area contributed by atoms with Crippen LogP contribution in [0.4, 0.5) is 0 Å². The Morgan fingerprint density at radius 1 is 1.35 bits per heavy atom. The van der Waals surface area contributed by atoms with Gasteiger partial charge < -0.3 is 5.11 Å². The molecule has 0 atom stereocenters. The summed E-state index contributed by atoms with van der Waals surface area (Å²) < 4.78 is 2.96. The third kappa shape index (κ3) is 2.63. The van der Waals surface area contributed by atoms with E-state index in [1.807, 2.05) is 6.92 Å². The number of thiazole rings is 1. The third-order valence-corrected chi connectivity index (χ3v) is 5.35. The highest BCUT2D eigenvalue weighted by molar-refractivity contribution is 7.18. The van der Waals surface area contributed by atoms with E-state index >= 15 is 0 Å². The SMILES string of the molecule is Cc1cc(Cn2nc(C(=O)O)cc2C)c2nc(C3CC3)sc2c1. The van der Waals surface area contributed by atoms with Crippen molar-refractivity contribution in [1.82, 2.24) is 14.8 Å². The van der Waals surface area contributed by atoms with Crippen molar-refractivity contribution in [3.8, 4) is 0 Å². The van der Waals surface area contributed by atoms with Crippen LogP contribution in [0.3, 0.4) is 0 Å². The van der Waals surface area contributed by atoms with Gasteiger partial charge >= 0.3 is 5.97 Å². The Bertz CT molecular complexity index is 921. The molecule has 1 aromatic carbocycles. The Labute approximate surface area is 137 Å². The van der Waals surface area contributed by atoms with Gasteiger partial charge in [-0.3, -0.25) is 4.68 Å². The first-order chi connectivity index (χ1) is 11.0. The van der Waals surface area contributed by atoms with E-state index < -0.39 is 5.97 Å². The number of fused-ring (bicyclic) bond motifs is 1. The predicted octanol–water partition coefficient (Wildman–Crippen LogP) is 3.73. The maximum atomic E-state index is 11.1. The topological polar surface area (TPSA) is 68.0 Å². The fraction of sp³-hybridized carbons (Fsp3) is 0.353. The average Bonchev–Trinajstić information content (AvgIpc) is 3.15. The molecule has 0 radical (unpaired) electrons. The lowest BCUT2D eigenvalue weighted by Gasteiger charge is -2.07. The molecule has 1 aliphatic carbocycles. The van der Waals surface area contributed by atoms with Crippen LogP contribution in [0.5, 0.6) is 0 Å². The molecule has 2 heterocycles. The number of rotatable bonds is 4. The van der Waals surface area contributed by atoms with Crippen molar-refractivity contribution >= 4 is 27.5 Å². The molecular weight excluding hydrogens is 310 g/mol. The molecule has 1 saturated carbocycles. The summed E-state index contributed by atoms with van der Waals surface area (Å²) in [6.07, 6.45) is 2.49. The van der Waals surface area contributed by atoms with Crippen LogP contribution in [0.25, 0.3) is 10.2 Å². The minimum absolute atomic E-state index is 0.0864. The van der Waals surface area contributed by atoms with Gasteiger partial charge in [0.25, 0.3) is 0 Å². The number of aromatic carboxylic acids is 1. The highest BCUT2D eigenvalue weighted by atomic mass is 32.1. The smallest absolute Gasteiger partial charge is 0.356 e.